The number of aryl methyl sites for hydroxylation is 1. The van der Waals surface area contributed by atoms with E-state index >= 15 is 0 Å². The van der Waals surface area contributed by atoms with Crippen molar-refractivity contribution < 1.29 is 32.3 Å². The van der Waals surface area contributed by atoms with Gasteiger partial charge in [-0.25, -0.2) is 12.7 Å². The Balaban J connectivity index is 1.65. The number of aliphatic carboxylic acids is 1. The lowest BCUT2D eigenvalue weighted by atomic mass is 10.0. The first kappa shape index (κ1) is 28.4. The van der Waals surface area contributed by atoms with Gasteiger partial charge < -0.3 is 9.52 Å². The van der Waals surface area contributed by atoms with E-state index in [2.05, 4.69) is 0 Å². The number of carbonyl (C=O) groups is 3. The summed E-state index contributed by atoms with van der Waals surface area (Å²) < 4.78 is 31.1. The van der Waals surface area contributed by atoms with E-state index in [9.17, 15) is 22.8 Å². The van der Waals surface area contributed by atoms with Gasteiger partial charge in [-0.1, -0.05) is 53.5 Å². The molecule has 0 bridgehead atoms. The van der Waals surface area contributed by atoms with Crippen LogP contribution in [0.1, 0.15) is 40.1 Å². The Morgan fingerprint density at radius 2 is 1.67 bits per heavy atom. The first-order valence-corrected chi connectivity index (χ1v) is 14.3. The zero-order valence-corrected chi connectivity index (χ0v) is 23.2. The maximum atomic E-state index is 13.2. The summed E-state index contributed by atoms with van der Waals surface area (Å²) in [4.78, 5) is 36.4. The summed E-state index contributed by atoms with van der Waals surface area (Å²) in [6, 6.07) is 17.0. The molecule has 202 valence electrons. The Kier molecular flexibility index (Phi) is 8.15. The van der Waals surface area contributed by atoms with Crippen LogP contribution < -0.4 is 0 Å². The van der Waals surface area contributed by atoms with Crippen LogP contribution in [0.2, 0.25) is 10.0 Å². The molecule has 1 amide bonds. The average molecular weight is 588 g/mol. The number of carboxylic acid groups (broad SMARTS) is 1. The smallest absolute Gasteiger partial charge is 0.303 e. The number of hydrogen-bond acceptors (Lipinski definition) is 6. The Labute approximate surface area is 234 Å². The molecule has 1 N–H and O–H groups in total. The van der Waals surface area contributed by atoms with E-state index in [-0.39, 0.29) is 28.7 Å². The second-order valence-corrected chi connectivity index (χ2v) is 11.7. The van der Waals surface area contributed by atoms with Crippen LogP contribution in [0.3, 0.4) is 0 Å². The summed E-state index contributed by atoms with van der Waals surface area (Å²) in [6.45, 7) is 1.54. The third kappa shape index (κ3) is 6.33. The zero-order valence-electron chi connectivity index (χ0n) is 20.9. The second kappa shape index (κ2) is 11.2. The molecular weight excluding hydrogens is 565 g/mol. The van der Waals surface area contributed by atoms with Crippen molar-refractivity contribution in [1.29, 1.82) is 0 Å². The molecule has 0 saturated carbocycles. The molecule has 1 heterocycles. The molecule has 0 aliphatic rings. The molecule has 4 rings (SSSR count). The van der Waals surface area contributed by atoms with E-state index in [1.165, 1.54) is 6.07 Å². The SMILES string of the molecule is Cc1c(C(=O)c2ccc(Cl)cc2Cl)oc2cc(-c3cccc(CN(C(=O)CCC(=O)O)S(C)(=O)=O)c3)ccc12. The molecule has 4 aromatic rings. The summed E-state index contributed by atoms with van der Waals surface area (Å²) in [5.74, 6) is -2.20. The molecule has 11 heteroatoms. The molecule has 0 fully saturated rings. The lowest BCUT2D eigenvalue weighted by Crippen LogP contribution is -2.35. The van der Waals surface area contributed by atoms with E-state index < -0.39 is 34.7 Å². The van der Waals surface area contributed by atoms with E-state index in [1.807, 2.05) is 18.2 Å². The van der Waals surface area contributed by atoms with Crippen LogP contribution in [0.15, 0.2) is 65.1 Å². The van der Waals surface area contributed by atoms with Crippen molar-refractivity contribution in [2.75, 3.05) is 6.26 Å². The largest absolute Gasteiger partial charge is 0.481 e. The lowest BCUT2D eigenvalue weighted by Gasteiger charge is -2.20. The Morgan fingerprint density at radius 3 is 2.33 bits per heavy atom. The molecule has 39 heavy (non-hydrogen) atoms. The second-order valence-electron chi connectivity index (χ2n) is 8.98. The van der Waals surface area contributed by atoms with E-state index in [0.29, 0.717) is 26.0 Å². The maximum absolute atomic E-state index is 13.2. The van der Waals surface area contributed by atoms with Gasteiger partial charge in [0, 0.05) is 28.0 Å². The molecule has 8 nitrogen and oxygen atoms in total. The standard InChI is InChI=1S/C28H23Cl2NO7S/c1-16-21-8-6-19(13-24(21)38-28(16)27(35)22-9-7-20(29)14-23(22)30)18-5-3-4-17(12-18)15-31(39(2,36)37)25(32)10-11-26(33)34/h3-9,12-14H,10-11,15H2,1-2H3,(H,33,34). The number of amides is 1. The first-order valence-electron chi connectivity index (χ1n) is 11.7. The van der Waals surface area contributed by atoms with Gasteiger partial charge in [0.2, 0.25) is 21.7 Å². The summed E-state index contributed by atoms with van der Waals surface area (Å²) in [5, 5.41) is 10.2. The average Bonchev–Trinajstić information content (AvgIpc) is 3.20. The topological polar surface area (TPSA) is 122 Å². The minimum absolute atomic E-state index is 0.156. The van der Waals surface area contributed by atoms with Crippen molar-refractivity contribution in [1.82, 2.24) is 4.31 Å². The zero-order chi connectivity index (χ0) is 28.5. The number of fused-ring (bicyclic) bond motifs is 1. The van der Waals surface area contributed by atoms with Crippen LogP contribution in [0.4, 0.5) is 0 Å². The highest BCUT2D eigenvalue weighted by atomic mass is 35.5. The van der Waals surface area contributed by atoms with Gasteiger partial charge in [0.1, 0.15) is 5.58 Å². The fraction of sp³-hybridized carbons (Fsp3) is 0.179. The summed E-state index contributed by atoms with van der Waals surface area (Å²) in [6.07, 6.45) is -0.000135. The molecule has 0 unspecified atom stereocenters. The summed E-state index contributed by atoms with van der Waals surface area (Å²) >= 11 is 12.2. The van der Waals surface area contributed by atoms with Crippen molar-refractivity contribution in [2.24, 2.45) is 0 Å². The number of ketones is 1. The van der Waals surface area contributed by atoms with Gasteiger partial charge in [-0.05, 0) is 53.9 Å². The van der Waals surface area contributed by atoms with Crippen molar-refractivity contribution in [3.63, 3.8) is 0 Å². The Bertz CT molecular complexity index is 1730. The monoisotopic (exact) mass is 587 g/mol. The van der Waals surface area contributed by atoms with Crippen LogP contribution in [0, 0.1) is 6.92 Å². The van der Waals surface area contributed by atoms with Crippen LogP contribution in [-0.2, 0) is 26.2 Å². The third-order valence-corrected chi connectivity index (χ3v) is 7.82. The van der Waals surface area contributed by atoms with Gasteiger partial charge >= 0.3 is 5.97 Å². The normalized spacial score (nSPS) is 11.5. The number of carboxylic acids is 1. The maximum Gasteiger partial charge on any atom is 0.303 e. The van der Waals surface area contributed by atoms with E-state index in [4.69, 9.17) is 32.7 Å². The predicted molar refractivity (Wildman–Crippen MR) is 149 cm³/mol. The highest BCUT2D eigenvalue weighted by Gasteiger charge is 2.25. The number of rotatable bonds is 9. The van der Waals surface area contributed by atoms with Gasteiger partial charge in [0.25, 0.3) is 0 Å². The predicted octanol–water partition coefficient (Wildman–Crippen LogP) is 6.10. The minimum Gasteiger partial charge on any atom is -0.481 e. The molecule has 0 aliphatic heterocycles. The molecule has 0 radical (unpaired) electrons. The number of hydrogen-bond donors (Lipinski definition) is 1. The van der Waals surface area contributed by atoms with Crippen molar-refractivity contribution in [2.45, 2.75) is 26.3 Å². The third-order valence-electron chi connectivity index (χ3n) is 6.14. The van der Waals surface area contributed by atoms with Gasteiger partial charge in [-0.15, -0.1) is 0 Å². The Morgan fingerprint density at radius 1 is 0.949 bits per heavy atom. The van der Waals surface area contributed by atoms with Crippen molar-refractivity contribution in [3.8, 4) is 11.1 Å². The van der Waals surface area contributed by atoms with Gasteiger partial charge in [0.15, 0.2) is 5.76 Å². The number of sulfonamides is 1. The molecule has 1 aromatic heterocycles. The summed E-state index contributed by atoms with van der Waals surface area (Å²) in [7, 11) is -3.93. The van der Waals surface area contributed by atoms with Gasteiger partial charge in [0.05, 0.1) is 24.2 Å². The van der Waals surface area contributed by atoms with Crippen LogP contribution in [-0.4, -0.2) is 41.7 Å². The molecule has 0 aliphatic carbocycles. The van der Waals surface area contributed by atoms with Gasteiger partial charge in [-0.2, -0.15) is 0 Å². The minimum atomic E-state index is -3.93. The molecule has 0 atom stereocenters. The number of nitrogens with zero attached hydrogens (tertiary/aromatic N) is 1. The fourth-order valence-electron chi connectivity index (χ4n) is 4.16. The van der Waals surface area contributed by atoms with E-state index in [1.54, 1.807) is 43.3 Å². The molecule has 0 spiro atoms. The van der Waals surface area contributed by atoms with E-state index in [0.717, 1.165) is 22.8 Å². The van der Waals surface area contributed by atoms with Crippen LogP contribution in [0.25, 0.3) is 22.1 Å². The highest BCUT2D eigenvalue weighted by molar-refractivity contribution is 7.88. The number of furan rings is 1. The number of benzene rings is 3. The molecule has 3 aromatic carbocycles. The summed E-state index contributed by atoms with van der Waals surface area (Å²) in [5.41, 5.74) is 3.40. The molecule has 0 saturated heterocycles. The number of halogens is 2. The van der Waals surface area contributed by atoms with Crippen LogP contribution in [0.5, 0.6) is 0 Å². The van der Waals surface area contributed by atoms with Crippen molar-refractivity contribution >= 4 is 61.9 Å². The quantitative estimate of drug-likeness (QED) is 0.235. The first-order chi connectivity index (χ1) is 18.3. The van der Waals surface area contributed by atoms with Crippen molar-refractivity contribution in [3.05, 3.63) is 93.2 Å². The molecular formula is C28H23Cl2NO7S. The van der Waals surface area contributed by atoms with Crippen LogP contribution >= 0.6 is 23.2 Å². The lowest BCUT2D eigenvalue weighted by molar-refractivity contribution is -0.139. The Hall–Kier alpha value is -3.66. The fourth-order valence-corrected chi connectivity index (χ4v) is 5.50. The highest BCUT2D eigenvalue weighted by Crippen LogP contribution is 2.33. The number of carbonyl (C=O) groups excluding carboxylic acids is 2. The van der Waals surface area contributed by atoms with Gasteiger partial charge in [-0.3, -0.25) is 14.4 Å².